The maximum absolute atomic E-state index is 13.8. The van der Waals surface area contributed by atoms with Crippen LogP contribution in [0.3, 0.4) is 0 Å². The first-order valence-electron chi connectivity index (χ1n) is 11.1. The summed E-state index contributed by atoms with van der Waals surface area (Å²) in [6, 6.07) is 16.0. The fraction of sp³-hybridized carbons (Fsp3) is 0.231. The van der Waals surface area contributed by atoms with Gasteiger partial charge in [-0.15, -0.1) is 0 Å². The Morgan fingerprint density at radius 3 is 2.47 bits per heavy atom. The number of amides is 1. The van der Waals surface area contributed by atoms with Gasteiger partial charge in [0.2, 0.25) is 5.91 Å². The molecular formula is C26H24FN5O2. The van der Waals surface area contributed by atoms with Gasteiger partial charge >= 0.3 is 0 Å². The number of fused-ring (bicyclic) bond motifs is 1. The molecule has 2 aromatic heterocycles. The number of hydrogen-bond acceptors (Lipinski definition) is 5. The number of aryl methyl sites for hydroxylation is 3. The van der Waals surface area contributed by atoms with Crippen molar-refractivity contribution in [3.8, 4) is 11.7 Å². The van der Waals surface area contributed by atoms with E-state index >= 15 is 0 Å². The third-order valence-electron chi connectivity index (χ3n) is 5.90. The summed E-state index contributed by atoms with van der Waals surface area (Å²) in [6.07, 6.45) is 0.308. The van der Waals surface area contributed by atoms with E-state index in [9.17, 15) is 9.18 Å². The van der Waals surface area contributed by atoms with Crippen molar-refractivity contribution in [1.29, 1.82) is 0 Å². The maximum Gasteiger partial charge on any atom is 0.252 e. The molecule has 1 N–H and O–H groups in total. The van der Waals surface area contributed by atoms with E-state index in [-0.39, 0.29) is 24.2 Å². The Kier molecular flexibility index (Phi) is 5.57. The molecule has 1 amide bonds. The Labute approximate surface area is 196 Å². The van der Waals surface area contributed by atoms with Crippen LogP contribution >= 0.6 is 0 Å². The molecular weight excluding hydrogens is 433 g/mol. The van der Waals surface area contributed by atoms with Crippen molar-refractivity contribution < 1.29 is 13.9 Å². The van der Waals surface area contributed by atoms with Gasteiger partial charge in [-0.25, -0.2) is 14.4 Å². The zero-order valence-corrected chi connectivity index (χ0v) is 19.2. The Morgan fingerprint density at radius 2 is 1.76 bits per heavy atom. The second-order valence-corrected chi connectivity index (χ2v) is 8.46. The summed E-state index contributed by atoms with van der Waals surface area (Å²) in [6.45, 7) is 5.87. The number of anilines is 1. The molecule has 3 heterocycles. The number of nitrogens with zero attached hydrogens (tertiary/aromatic N) is 4. The summed E-state index contributed by atoms with van der Waals surface area (Å²) in [5.41, 5.74) is 4.88. The number of rotatable bonds is 5. The Morgan fingerprint density at radius 1 is 1.06 bits per heavy atom. The monoisotopic (exact) mass is 457 g/mol. The number of carbonyl (C=O) groups is 1. The molecule has 1 aliphatic rings. The highest BCUT2D eigenvalue weighted by molar-refractivity contribution is 5.95. The highest BCUT2D eigenvalue weighted by Gasteiger charge is 2.33. The van der Waals surface area contributed by atoms with Crippen LogP contribution in [0, 0.1) is 26.6 Å². The molecule has 0 unspecified atom stereocenters. The van der Waals surface area contributed by atoms with E-state index in [2.05, 4.69) is 20.4 Å². The van der Waals surface area contributed by atoms with Crippen LogP contribution in [-0.4, -0.2) is 25.7 Å². The molecule has 1 atom stereocenters. The third kappa shape index (κ3) is 4.14. The number of benzene rings is 2. The third-order valence-corrected chi connectivity index (χ3v) is 5.90. The molecule has 34 heavy (non-hydrogen) atoms. The average Bonchev–Trinajstić information content (AvgIpc) is 3.14. The van der Waals surface area contributed by atoms with Crippen LogP contribution < -0.4 is 10.1 Å². The summed E-state index contributed by atoms with van der Waals surface area (Å²) < 4.78 is 21.2. The van der Waals surface area contributed by atoms with Gasteiger partial charge in [0.25, 0.3) is 5.95 Å². The smallest absolute Gasteiger partial charge is 0.252 e. The predicted molar refractivity (Wildman–Crippen MR) is 126 cm³/mol. The van der Waals surface area contributed by atoms with Gasteiger partial charge < -0.3 is 10.1 Å². The number of halogens is 1. The van der Waals surface area contributed by atoms with Crippen molar-refractivity contribution in [1.82, 2.24) is 19.7 Å². The largest absolute Gasteiger partial charge is 0.489 e. The van der Waals surface area contributed by atoms with Crippen LogP contribution in [0.4, 0.5) is 10.2 Å². The van der Waals surface area contributed by atoms with Crippen molar-refractivity contribution >= 4 is 11.7 Å². The quantitative estimate of drug-likeness (QED) is 0.466. The summed E-state index contributed by atoms with van der Waals surface area (Å²) in [5.74, 6) is 1.11. The van der Waals surface area contributed by atoms with Crippen molar-refractivity contribution in [2.45, 2.75) is 39.7 Å². The molecule has 7 nitrogen and oxygen atoms in total. The average molecular weight is 458 g/mol. The van der Waals surface area contributed by atoms with Crippen molar-refractivity contribution in [3.63, 3.8) is 0 Å². The van der Waals surface area contributed by atoms with Gasteiger partial charge in [0.15, 0.2) is 0 Å². The Bertz CT molecular complexity index is 1360. The normalized spacial score (nSPS) is 15.1. The minimum absolute atomic E-state index is 0.0945. The number of nitrogens with one attached hydrogen (secondary N) is 1. The van der Waals surface area contributed by atoms with E-state index in [1.807, 2.05) is 51.1 Å². The van der Waals surface area contributed by atoms with E-state index in [1.54, 1.807) is 22.9 Å². The highest BCUT2D eigenvalue weighted by atomic mass is 19.1. The van der Waals surface area contributed by atoms with Crippen LogP contribution in [0.1, 0.15) is 46.1 Å². The summed E-state index contributed by atoms with van der Waals surface area (Å²) in [7, 11) is 0. The van der Waals surface area contributed by atoms with Gasteiger partial charge in [0.05, 0.1) is 5.69 Å². The highest BCUT2D eigenvalue weighted by Crippen LogP contribution is 2.40. The first-order chi connectivity index (χ1) is 16.4. The molecule has 0 saturated heterocycles. The van der Waals surface area contributed by atoms with Crippen molar-refractivity contribution in [2.75, 3.05) is 5.32 Å². The fourth-order valence-electron chi connectivity index (χ4n) is 4.35. The summed E-state index contributed by atoms with van der Waals surface area (Å²) in [5, 5.41) is 7.62. The van der Waals surface area contributed by atoms with Gasteiger partial charge in [-0.2, -0.15) is 9.78 Å². The van der Waals surface area contributed by atoms with Crippen molar-refractivity contribution in [2.24, 2.45) is 0 Å². The lowest BCUT2D eigenvalue weighted by Crippen LogP contribution is -2.25. The van der Waals surface area contributed by atoms with Gasteiger partial charge in [0.1, 0.15) is 24.0 Å². The van der Waals surface area contributed by atoms with E-state index in [0.29, 0.717) is 29.5 Å². The summed E-state index contributed by atoms with van der Waals surface area (Å²) >= 11 is 0. The van der Waals surface area contributed by atoms with Crippen molar-refractivity contribution in [3.05, 3.63) is 94.2 Å². The molecule has 0 aliphatic carbocycles. The lowest BCUT2D eigenvalue weighted by Gasteiger charge is -2.24. The maximum atomic E-state index is 13.8. The van der Waals surface area contributed by atoms with Gasteiger partial charge in [-0.05, 0) is 50.6 Å². The van der Waals surface area contributed by atoms with Crippen LogP contribution in [0.2, 0.25) is 0 Å². The number of aromatic nitrogens is 4. The minimum atomic E-state index is -0.292. The molecule has 5 rings (SSSR count). The first kappa shape index (κ1) is 21.8. The lowest BCUT2D eigenvalue weighted by atomic mass is 9.86. The molecule has 0 bridgehead atoms. The van der Waals surface area contributed by atoms with Gasteiger partial charge in [-0.1, -0.05) is 30.3 Å². The van der Waals surface area contributed by atoms with E-state index in [4.69, 9.17) is 4.74 Å². The Balaban J connectivity index is 1.44. The Hall–Kier alpha value is -4.07. The summed E-state index contributed by atoms with van der Waals surface area (Å²) in [4.78, 5) is 21.7. The van der Waals surface area contributed by atoms with Crippen LogP contribution in [0.5, 0.6) is 5.75 Å². The van der Waals surface area contributed by atoms with Crippen LogP contribution in [0.15, 0.2) is 54.6 Å². The fourth-order valence-corrected chi connectivity index (χ4v) is 4.35. The molecule has 0 spiro atoms. The SMILES string of the molecule is Cc1cc(C)nc(-n2nc(C)c3c2NC(=O)C[C@@H]3c2ccc(OCc3ccccc3F)cc2)n1. The molecule has 1 aliphatic heterocycles. The van der Waals surface area contributed by atoms with E-state index in [0.717, 1.165) is 28.2 Å². The lowest BCUT2D eigenvalue weighted by molar-refractivity contribution is -0.116. The molecule has 172 valence electrons. The zero-order valence-electron chi connectivity index (χ0n) is 19.2. The zero-order chi connectivity index (χ0) is 23.8. The molecule has 8 heteroatoms. The topological polar surface area (TPSA) is 81.9 Å². The molecule has 0 saturated carbocycles. The van der Waals surface area contributed by atoms with Crippen LogP contribution in [-0.2, 0) is 11.4 Å². The van der Waals surface area contributed by atoms with E-state index < -0.39 is 0 Å². The molecule has 2 aromatic carbocycles. The first-order valence-corrected chi connectivity index (χ1v) is 11.1. The number of carbonyl (C=O) groups excluding carboxylic acids is 1. The predicted octanol–water partition coefficient (Wildman–Crippen LogP) is 4.78. The van der Waals surface area contributed by atoms with Gasteiger partial charge in [0, 0.05) is 34.9 Å². The number of hydrogen-bond donors (Lipinski definition) is 1. The number of ether oxygens (including phenoxy) is 1. The van der Waals surface area contributed by atoms with Gasteiger partial charge in [-0.3, -0.25) is 4.79 Å². The van der Waals surface area contributed by atoms with E-state index in [1.165, 1.54) is 6.07 Å². The molecule has 0 fully saturated rings. The second kappa shape index (κ2) is 8.70. The molecule has 0 radical (unpaired) electrons. The standard InChI is InChI=1S/C26H24FN5O2/c1-15-12-16(2)29-26(28-15)32-25-24(17(3)31-32)21(13-23(33)30-25)18-8-10-20(11-9-18)34-14-19-6-4-5-7-22(19)27/h4-12,21H,13-14H2,1-3H3,(H,30,33)/t21-/m1/s1. The van der Waals surface area contributed by atoms with Crippen LogP contribution in [0.25, 0.3) is 5.95 Å². The molecule has 4 aromatic rings. The second-order valence-electron chi connectivity index (χ2n) is 8.46. The minimum Gasteiger partial charge on any atom is -0.489 e.